The number of aromatic nitrogens is 2. The fourth-order valence-corrected chi connectivity index (χ4v) is 2.35. The Labute approximate surface area is 117 Å². The van der Waals surface area contributed by atoms with Crippen molar-refractivity contribution in [3.8, 4) is 0 Å². The number of carbonyl (C=O) groups is 1. The molecule has 0 bridgehead atoms. The number of hydrogen-bond acceptors (Lipinski definition) is 5. The van der Waals surface area contributed by atoms with E-state index in [1.54, 1.807) is 21.9 Å². The van der Waals surface area contributed by atoms with E-state index in [4.69, 9.17) is 0 Å². The Kier molecular flexibility index (Phi) is 4.39. The SMILES string of the molecule is CC(C)Cn1ccnc(N2CCNCC2C(=O)O)c1=O. The minimum atomic E-state index is -0.947. The smallest absolute Gasteiger partial charge is 0.327 e. The van der Waals surface area contributed by atoms with E-state index in [0.29, 0.717) is 32.1 Å². The van der Waals surface area contributed by atoms with Crippen molar-refractivity contribution < 1.29 is 9.90 Å². The summed E-state index contributed by atoms with van der Waals surface area (Å²) in [4.78, 5) is 29.4. The Morgan fingerprint density at radius 2 is 2.35 bits per heavy atom. The first-order chi connectivity index (χ1) is 9.50. The van der Waals surface area contributed by atoms with Crippen molar-refractivity contribution in [3.05, 3.63) is 22.7 Å². The molecule has 20 heavy (non-hydrogen) atoms. The first-order valence-corrected chi connectivity index (χ1v) is 6.76. The van der Waals surface area contributed by atoms with Crippen molar-refractivity contribution in [1.29, 1.82) is 0 Å². The van der Waals surface area contributed by atoms with Gasteiger partial charge in [0.2, 0.25) is 0 Å². The quantitative estimate of drug-likeness (QED) is 0.791. The van der Waals surface area contributed by atoms with Gasteiger partial charge in [0, 0.05) is 38.6 Å². The molecule has 1 unspecified atom stereocenters. The van der Waals surface area contributed by atoms with Crippen molar-refractivity contribution in [1.82, 2.24) is 14.9 Å². The first-order valence-electron chi connectivity index (χ1n) is 6.76. The molecular weight excluding hydrogens is 260 g/mol. The van der Waals surface area contributed by atoms with Crippen LogP contribution in [0.5, 0.6) is 0 Å². The van der Waals surface area contributed by atoms with Gasteiger partial charge in [0.1, 0.15) is 6.04 Å². The molecule has 0 radical (unpaired) electrons. The molecule has 1 saturated heterocycles. The van der Waals surface area contributed by atoms with E-state index in [-0.39, 0.29) is 11.4 Å². The largest absolute Gasteiger partial charge is 0.480 e. The molecule has 2 rings (SSSR count). The topological polar surface area (TPSA) is 87.5 Å². The highest BCUT2D eigenvalue weighted by Gasteiger charge is 2.31. The number of hydrogen-bond donors (Lipinski definition) is 2. The maximum atomic E-state index is 12.4. The average molecular weight is 280 g/mol. The summed E-state index contributed by atoms with van der Waals surface area (Å²) in [5, 5.41) is 12.3. The van der Waals surface area contributed by atoms with Crippen LogP contribution in [0.4, 0.5) is 5.82 Å². The van der Waals surface area contributed by atoms with Gasteiger partial charge in [-0.3, -0.25) is 4.79 Å². The molecule has 1 aromatic heterocycles. The van der Waals surface area contributed by atoms with Gasteiger partial charge in [-0.25, -0.2) is 9.78 Å². The highest BCUT2D eigenvalue weighted by Crippen LogP contribution is 2.11. The van der Waals surface area contributed by atoms with Crippen LogP contribution >= 0.6 is 0 Å². The summed E-state index contributed by atoms with van der Waals surface area (Å²) in [6, 6.07) is -0.751. The van der Waals surface area contributed by atoms with Gasteiger partial charge in [-0.1, -0.05) is 13.8 Å². The van der Waals surface area contributed by atoms with Gasteiger partial charge >= 0.3 is 5.97 Å². The molecule has 7 nitrogen and oxygen atoms in total. The second-order valence-electron chi connectivity index (χ2n) is 5.35. The number of carboxylic acid groups (broad SMARTS) is 1. The van der Waals surface area contributed by atoms with Gasteiger partial charge < -0.3 is 19.9 Å². The molecule has 0 saturated carbocycles. The van der Waals surface area contributed by atoms with Crippen LogP contribution in [0.3, 0.4) is 0 Å². The van der Waals surface area contributed by atoms with Gasteiger partial charge in [-0.05, 0) is 5.92 Å². The summed E-state index contributed by atoms with van der Waals surface area (Å²) in [6.07, 6.45) is 3.20. The molecule has 2 heterocycles. The lowest BCUT2D eigenvalue weighted by Gasteiger charge is -2.33. The lowest BCUT2D eigenvalue weighted by atomic mass is 10.2. The van der Waals surface area contributed by atoms with E-state index in [1.807, 2.05) is 13.8 Å². The normalized spacial score (nSPS) is 19.4. The standard InChI is InChI=1S/C13H20N4O3/c1-9(2)8-16-5-4-15-11(12(16)18)17-6-3-14-7-10(17)13(19)20/h4-5,9-10,14H,3,6-8H2,1-2H3,(H,19,20). The van der Waals surface area contributed by atoms with Crippen molar-refractivity contribution >= 4 is 11.8 Å². The van der Waals surface area contributed by atoms with Crippen LogP contribution in [0.15, 0.2) is 17.2 Å². The molecule has 1 aromatic rings. The first kappa shape index (κ1) is 14.5. The maximum absolute atomic E-state index is 12.4. The van der Waals surface area contributed by atoms with Crippen molar-refractivity contribution in [2.45, 2.75) is 26.4 Å². The number of rotatable bonds is 4. The van der Waals surface area contributed by atoms with Crippen molar-refractivity contribution in [2.24, 2.45) is 5.92 Å². The Balaban J connectivity index is 2.36. The fourth-order valence-electron chi connectivity index (χ4n) is 2.35. The summed E-state index contributed by atoms with van der Waals surface area (Å²) in [5.74, 6) is -0.388. The zero-order valence-electron chi connectivity index (χ0n) is 11.7. The number of aliphatic carboxylic acids is 1. The van der Waals surface area contributed by atoms with E-state index in [2.05, 4.69) is 10.3 Å². The van der Waals surface area contributed by atoms with E-state index in [9.17, 15) is 14.7 Å². The molecule has 1 aliphatic rings. The molecular formula is C13H20N4O3. The molecule has 0 amide bonds. The van der Waals surface area contributed by atoms with Crippen LogP contribution < -0.4 is 15.8 Å². The van der Waals surface area contributed by atoms with E-state index >= 15 is 0 Å². The highest BCUT2D eigenvalue weighted by atomic mass is 16.4. The second kappa shape index (κ2) is 6.04. The number of piperazine rings is 1. The predicted molar refractivity (Wildman–Crippen MR) is 75.0 cm³/mol. The highest BCUT2D eigenvalue weighted by molar-refractivity contribution is 5.78. The molecule has 1 aliphatic heterocycles. The van der Waals surface area contributed by atoms with Crippen LogP contribution in [-0.2, 0) is 11.3 Å². The Hall–Kier alpha value is -1.89. The van der Waals surface area contributed by atoms with E-state index < -0.39 is 12.0 Å². The Morgan fingerprint density at radius 1 is 1.60 bits per heavy atom. The van der Waals surface area contributed by atoms with Gasteiger partial charge in [0.25, 0.3) is 5.56 Å². The molecule has 7 heteroatoms. The number of anilines is 1. The molecule has 1 atom stereocenters. The Bertz CT molecular complexity index is 541. The van der Waals surface area contributed by atoms with Crippen molar-refractivity contribution in [2.75, 3.05) is 24.5 Å². The molecule has 0 spiro atoms. The minimum Gasteiger partial charge on any atom is -0.480 e. The van der Waals surface area contributed by atoms with Gasteiger partial charge in [-0.2, -0.15) is 0 Å². The number of carboxylic acids is 1. The summed E-state index contributed by atoms with van der Waals surface area (Å²) >= 11 is 0. The van der Waals surface area contributed by atoms with Crippen LogP contribution in [0.1, 0.15) is 13.8 Å². The maximum Gasteiger partial charge on any atom is 0.327 e. The summed E-state index contributed by atoms with van der Waals surface area (Å²) in [5.41, 5.74) is -0.227. The fraction of sp³-hybridized carbons (Fsp3) is 0.615. The number of nitrogens with one attached hydrogen (secondary N) is 1. The van der Waals surface area contributed by atoms with Gasteiger partial charge in [0.15, 0.2) is 5.82 Å². The van der Waals surface area contributed by atoms with E-state index in [1.165, 1.54) is 0 Å². The van der Waals surface area contributed by atoms with Crippen molar-refractivity contribution in [3.63, 3.8) is 0 Å². The molecule has 0 aliphatic carbocycles. The third-order valence-corrected chi connectivity index (χ3v) is 3.26. The number of nitrogens with zero attached hydrogens (tertiary/aromatic N) is 3. The average Bonchev–Trinajstić information content (AvgIpc) is 2.40. The lowest BCUT2D eigenvalue weighted by molar-refractivity contribution is -0.138. The minimum absolute atomic E-state index is 0.224. The Morgan fingerprint density at radius 3 is 3.00 bits per heavy atom. The second-order valence-corrected chi connectivity index (χ2v) is 5.35. The zero-order chi connectivity index (χ0) is 14.7. The van der Waals surface area contributed by atoms with Gasteiger partial charge in [-0.15, -0.1) is 0 Å². The molecule has 1 fully saturated rings. The summed E-state index contributed by atoms with van der Waals surface area (Å²) in [6.45, 7) is 6.07. The third-order valence-electron chi connectivity index (χ3n) is 3.26. The van der Waals surface area contributed by atoms with Crippen LogP contribution in [0.2, 0.25) is 0 Å². The van der Waals surface area contributed by atoms with Crippen LogP contribution in [0, 0.1) is 5.92 Å². The monoisotopic (exact) mass is 280 g/mol. The molecule has 0 aromatic carbocycles. The van der Waals surface area contributed by atoms with E-state index in [0.717, 1.165) is 0 Å². The molecule has 110 valence electrons. The van der Waals surface area contributed by atoms with Crippen LogP contribution in [-0.4, -0.2) is 46.3 Å². The van der Waals surface area contributed by atoms with Crippen LogP contribution in [0.25, 0.3) is 0 Å². The van der Waals surface area contributed by atoms with Gasteiger partial charge in [0.05, 0.1) is 0 Å². The predicted octanol–water partition coefficient (Wildman–Crippen LogP) is -0.238. The zero-order valence-corrected chi connectivity index (χ0v) is 11.7. The summed E-state index contributed by atoms with van der Waals surface area (Å²) in [7, 11) is 0. The lowest BCUT2D eigenvalue weighted by Crippen LogP contribution is -2.57. The third kappa shape index (κ3) is 2.98. The molecule has 2 N–H and O–H groups in total. The summed E-state index contributed by atoms with van der Waals surface area (Å²) < 4.78 is 1.59.